The summed E-state index contributed by atoms with van der Waals surface area (Å²) in [7, 11) is 0. The van der Waals surface area contributed by atoms with E-state index in [1.165, 1.54) is 0 Å². The summed E-state index contributed by atoms with van der Waals surface area (Å²) in [5.74, 6) is 0.836. The van der Waals surface area contributed by atoms with Crippen molar-refractivity contribution >= 4 is 11.8 Å². The zero-order valence-corrected chi connectivity index (χ0v) is 13.8. The second-order valence-electron chi connectivity index (χ2n) is 6.68. The molecule has 122 valence electrons. The van der Waals surface area contributed by atoms with Gasteiger partial charge in [0.15, 0.2) is 0 Å². The van der Waals surface area contributed by atoms with Gasteiger partial charge in [0, 0.05) is 24.3 Å². The largest absolute Gasteiger partial charge is 0.464 e. The van der Waals surface area contributed by atoms with Crippen molar-refractivity contribution in [2.75, 3.05) is 18.4 Å². The molecule has 5 heteroatoms. The highest BCUT2D eigenvalue weighted by Gasteiger charge is 2.24. The molecule has 5 nitrogen and oxygen atoms in total. The van der Waals surface area contributed by atoms with Crippen LogP contribution in [-0.4, -0.2) is 29.7 Å². The number of hydrogen-bond donors (Lipinski definition) is 1. The number of ether oxygens (including phenoxy) is 1. The molecule has 0 atom stereocenters. The zero-order valence-electron chi connectivity index (χ0n) is 13.8. The Bertz CT molecular complexity index is 687. The van der Waals surface area contributed by atoms with Gasteiger partial charge >= 0.3 is 6.09 Å². The Kier molecular flexibility index (Phi) is 4.03. The third-order valence-corrected chi connectivity index (χ3v) is 3.63. The summed E-state index contributed by atoms with van der Waals surface area (Å²) in [6, 6.07) is 9.91. The molecule has 0 unspecified atom stereocenters. The Hall–Kier alpha value is -2.43. The van der Waals surface area contributed by atoms with E-state index < -0.39 is 5.60 Å². The second-order valence-corrected chi connectivity index (χ2v) is 6.68. The average molecular weight is 314 g/mol. The number of benzene rings is 1. The third kappa shape index (κ3) is 3.67. The Morgan fingerprint density at radius 2 is 2.13 bits per heavy atom. The van der Waals surface area contributed by atoms with Crippen LogP contribution in [0.2, 0.25) is 0 Å². The smallest absolute Gasteiger partial charge is 0.410 e. The predicted molar refractivity (Wildman–Crippen MR) is 89.3 cm³/mol. The van der Waals surface area contributed by atoms with Crippen molar-refractivity contribution in [2.24, 2.45) is 0 Å². The quantitative estimate of drug-likeness (QED) is 0.860. The summed E-state index contributed by atoms with van der Waals surface area (Å²) in [5.41, 5.74) is 2.64. The SMILES string of the molecule is CC(C)(C)OC(=O)N1CCNc2cc(-c3ccco3)ccc2C1. The lowest BCUT2D eigenvalue weighted by molar-refractivity contribution is 0.0245. The molecule has 2 heterocycles. The highest BCUT2D eigenvalue weighted by atomic mass is 16.6. The summed E-state index contributed by atoms with van der Waals surface area (Å²) in [6.07, 6.45) is 1.39. The van der Waals surface area contributed by atoms with Crippen LogP contribution < -0.4 is 5.32 Å². The van der Waals surface area contributed by atoms with E-state index in [-0.39, 0.29) is 6.09 Å². The fourth-order valence-corrected chi connectivity index (χ4v) is 2.57. The van der Waals surface area contributed by atoms with Crippen molar-refractivity contribution in [3.05, 3.63) is 42.2 Å². The van der Waals surface area contributed by atoms with Crippen molar-refractivity contribution in [3.63, 3.8) is 0 Å². The zero-order chi connectivity index (χ0) is 16.4. The molecule has 0 saturated carbocycles. The third-order valence-electron chi connectivity index (χ3n) is 3.63. The van der Waals surface area contributed by atoms with Crippen LogP contribution in [-0.2, 0) is 11.3 Å². The molecule has 0 saturated heterocycles. The van der Waals surface area contributed by atoms with E-state index >= 15 is 0 Å². The maximum atomic E-state index is 12.3. The monoisotopic (exact) mass is 314 g/mol. The lowest BCUT2D eigenvalue weighted by atomic mass is 10.1. The van der Waals surface area contributed by atoms with Crippen molar-refractivity contribution in [3.8, 4) is 11.3 Å². The van der Waals surface area contributed by atoms with E-state index in [2.05, 4.69) is 11.4 Å². The van der Waals surface area contributed by atoms with Gasteiger partial charge in [0.25, 0.3) is 0 Å². The fourth-order valence-electron chi connectivity index (χ4n) is 2.57. The minimum Gasteiger partial charge on any atom is -0.464 e. The lowest BCUT2D eigenvalue weighted by Gasteiger charge is -2.26. The molecular formula is C18H22N2O3. The molecule has 1 aromatic heterocycles. The maximum absolute atomic E-state index is 12.3. The predicted octanol–water partition coefficient (Wildman–Crippen LogP) is 4.11. The van der Waals surface area contributed by atoms with Crippen LogP contribution in [0.25, 0.3) is 11.3 Å². The molecule has 0 fully saturated rings. The minimum absolute atomic E-state index is 0.276. The molecule has 2 aromatic rings. The van der Waals surface area contributed by atoms with Gasteiger partial charge in [0.2, 0.25) is 0 Å². The van der Waals surface area contributed by atoms with Gasteiger partial charge in [-0.25, -0.2) is 4.79 Å². The van der Waals surface area contributed by atoms with Gasteiger partial charge < -0.3 is 19.4 Å². The molecule has 1 aromatic carbocycles. The number of furan rings is 1. The van der Waals surface area contributed by atoms with Gasteiger partial charge in [-0.2, -0.15) is 0 Å². The van der Waals surface area contributed by atoms with E-state index in [1.54, 1.807) is 11.2 Å². The van der Waals surface area contributed by atoms with Crippen LogP contribution in [0.15, 0.2) is 41.0 Å². The van der Waals surface area contributed by atoms with E-state index in [1.807, 2.05) is 45.0 Å². The normalized spacial score (nSPS) is 14.7. The summed E-state index contributed by atoms with van der Waals surface area (Å²) in [5, 5.41) is 3.38. The van der Waals surface area contributed by atoms with Crippen LogP contribution in [0.5, 0.6) is 0 Å². The standard InChI is InChI=1S/C18H22N2O3/c1-18(2,3)23-17(21)20-9-8-19-15-11-13(6-7-14(15)12-20)16-5-4-10-22-16/h4-7,10-11,19H,8-9,12H2,1-3H3. The number of amides is 1. The molecule has 0 bridgehead atoms. The second kappa shape index (κ2) is 5.99. The first-order valence-corrected chi connectivity index (χ1v) is 7.81. The van der Waals surface area contributed by atoms with Gasteiger partial charge in [-0.15, -0.1) is 0 Å². The number of fused-ring (bicyclic) bond motifs is 1. The van der Waals surface area contributed by atoms with Crippen molar-refractivity contribution in [1.29, 1.82) is 0 Å². The molecule has 3 rings (SSSR count). The Morgan fingerprint density at radius 3 is 2.83 bits per heavy atom. The van der Waals surface area contributed by atoms with Crippen molar-refractivity contribution in [2.45, 2.75) is 32.9 Å². The average Bonchev–Trinajstić information content (AvgIpc) is 2.91. The number of nitrogens with one attached hydrogen (secondary N) is 1. The molecular weight excluding hydrogens is 292 g/mol. The summed E-state index contributed by atoms with van der Waals surface area (Å²) in [6.45, 7) is 7.48. The van der Waals surface area contributed by atoms with E-state index in [0.717, 1.165) is 22.6 Å². The van der Waals surface area contributed by atoms with Crippen molar-refractivity contribution < 1.29 is 13.9 Å². The highest BCUT2D eigenvalue weighted by Crippen LogP contribution is 2.28. The molecule has 23 heavy (non-hydrogen) atoms. The van der Waals surface area contributed by atoms with Gasteiger partial charge in [0.1, 0.15) is 11.4 Å². The number of rotatable bonds is 1. The van der Waals surface area contributed by atoms with E-state index in [4.69, 9.17) is 9.15 Å². The number of carbonyl (C=O) groups is 1. The highest BCUT2D eigenvalue weighted by molar-refractivity contribution is 5.71. The Morgan fingerprint density at radius 1 is 1.30 bits per heavy atom. The molecule has 0 spiro atoms. The molecule has 0 aliphatic carbocycles. The number of nitrogens with zero attached hydrogens (tertiary/aromatic N) is 1. The Balaban J connectivity index is 1.80. The first-order valence-electron chi connectivity index (χ1n) is 7.81. The van der Waals surface area contributed by atoms with E-state index in [0.29, 0.717) is 19.6 Å². The fraction of sp³-hybridized carbons (Fsp3) is 0.389. The molecule has 1 amide bonds. The van der Waals surface area contributed by atoms with Gasteiger partial charge in [0.05, 0.1) is 12.8 Å². The van der Waals surface area contributed by atoms with Crippen LogP contribution >= 0.6 is 0 Å². The number of carbonyl (C=O) groups excluding carboxylic acids is 1. The van der Waals surface area contributed by atoms with Gasteiger partial charge in [-0.3, -0.25) is 0 Å². The first kappa shape index (κ1) is 15.5. The lowest BCUT2D eigenvalue weighted by Crippen LogP contribution is -2.37. The van der Waals surface area contributed by atoms with Crippen LogP contribution in [0.4, 0.5) is 10.5 Å². The number of hydrogen-bond acceptors (Lipinski definition) is 4. The summed E-state index contributed by atoms with van der Waals surface area (Å²) < 4.78 is 10.9. The van der Waals surface area contributed by atoms with E-state index in [9.17, 15) is 4.79 Å². The topological polar surface area (TPSA) is 54.7 Å². The summed E-state index contributed by atoms with van der Waals surface area (Å²) in [4.78, 5) is 14.0. The number of anilines is 1. The molecule has 1 aliphatic heterocycles. The summed E-state index contributed by atoms with van der Waals surface area (Å²) >= 11 is 0. The first-order chi connectivity index (χ1) is 10.9. The van der Waals surface area contributed by atoms with Crippen LogP contribution in [0.1, 0.15) is 26.3 Å². The van der Waals surface area contributed by atoms with Crippen LogP contribution in [0, 0.1) is 0 Å². The maximum Gasteiger partial charge on any atom is 0.410 e. The molecule has 1 N–H and O–H groups in total. The molecule has 1 aliphatic rings. The van der Waals surface area contributed by atoms with Crippen molar-refractivity contribution in [1.82, 2.24) is 4.90 Å². The van der Waals surface area contributed by atoms with Gasteiger partial charge in [-0.1, -0.05) is 12.1 Å². The minimum atomic E-state index is -0.483. The molecule has 0 radical (unpaired) electrons. The van der Waals surface area contributed by atoms with Crippen LogP contribution in [0.3, 0.4) is 0 Å². The Labute approximate surface area is 136 Å². The van der Waals surface area contributed by atoms with Gasteiger partial charge in [-0.05, 0) is 44.5 Å².